The highest BCUT2D eigenvalue weighted by atomic mass is 16.5. The first-order valence-corrected chi connectivity index (χ1v) is 8.13. The summed E-state index contributed by atoms with van der Waals surface area (Å²) in [4.78, 5) is 27.2. The van der Waals surface area contributed by atoms with Gasteiger partial charge < -0.3 is 15.0 Å². The molecule has 2 heterocycles. The minimum atomic E-state index is -0.775. The Hall–Kier alpha value is -1.10. The van der Waals surface area contributed by atoms with E-state index < -0.39 is 11.1 Å². The first-order chi connectivity index (χ1) is 9.87. The summed E-state index contributed by atoms with van der Waals surface area (Å²) >= 11 is 0. The quantitative estimate of drug-likeness (QED) is 0.842. The molecular weight excluding hydrogens is 268 g/mol. The van der Waals surface area contributed by atoms with E-state index in [-0.39, 0.29) is 17.9 Å². The third kappa shape index (κ3) is 2.80. The van der Waals surface area contributed by atoms with Gasteiger partial charge >= 0.3 is 0 Å². The van der Waals surface area contributed by atoms with E-state index >= 15 is 0 Å². The third-order valence-electron chi connectivity index (χ3n) is 5.29. The second-order valence-corrected chi connectivity index (χ2v) is 6.65. The molecule has 0 bridgehead atoms. The van der Waals surface area contributed by atoms with Gasteiger partial charge in [0.05, 0.1) is 6.10 Å². The molecule has 2 fully saturated rings. The number of nitrogens with zero attached hydrogens (tertiary/aromatic N) is 1. The van der Waals surface area contributed by atoms with E-state index in [2.05, 4.69) is 5.32 Å². The van der Waals surface area contributed by atoms with Gasteiger partial charge in [0.1, 0.15) is 11.1 Å². The van der Waals surface area contributed by atoms with Crippen molar-refractivity contribution < 1.29 is 14.3 Å². The van der Waals surface area contributed by atoms with Gasteiger partial charge in [-0.2, -0.15) is 0 Å². The second-order valence-electron chi connectivity index (χ2n) is 6.65. The summed E-state index contributed by atoms with van der Waals surface area (Å²) in [5, 5.41) is 2.93. The molecule has 3 unspecified atom stereocenters. The normalized spacial score (nSPS) is 37.0. The highest BCUT2D eigenvalue weighted by Gasteiger charge is 2.52. The van der Waals surface area contributed by atoms with Crippen LogP contribution in [0.1, 0.15) is 59.8 Å². The Kier molecular flexibility index (Phi) is 4.61. The maximum atomic E-state index is 12.9. The second kappa shape index (κ2) is 5.95. The Bertz CT molecular complexity index is 420. The fraction of sp³-hybridized carbons (Fsp3) is 0.875. The first kappa shape index (κ1) is 16.3. The average molecular weight is 296 g/mol. The zero-order chi connectivity index (χ0) is 15.7. The van der Waals surface area contributed by atoms with Crippen LogP contribution in [0.4, 0.5) is 0 Å². The molecule has 21 heavy (non-hydrogen) atoms. The largest absolute Gasteiger partial charge is 0.378 e. The van der Waals surface area contributed by atoms with Gasteiger partial charge in [-0.25, -0.2) is 0 Å². The van der Waals surface area contributed by atoms with Crippen LogP contribution >= 0.6 is 0 Å². The lowest BCUT2D eigenvalue weighted by molar-refractivity contribution is -0.162. The van der Waals surface area contributed by atoms with Crippen molar-refractivity contribution in [3.63, 3.8) is 0 Å². The molecular formula is C16H28N2O3. The van der Waals surface area contributed by atoms with Crippen molar-refractivity contribution >= 4 is 11.8 Å². The zero-order valence-corrected chi connectivity index (χ0v) is 13.7. The Balaban J connectivity index is 2.17. The van der Waals surface area contributed by atoms with Crippen LogP contribution in [-0.2, 0) is 14.3 Å². The number of amides is 2. The van der Waals surface area contributed by atoms with Crippen LogP contribution in [-0.4, -0.2) is 47.0 Å². The predicted octanol–water partition coefficient (Wildman–Crippen LogP) is 1.85. The molecule has 3 atom stereocenters. The van der Waals surface area contributed by atoms with Crippen molar-refractivity contribution in [3.05, 3.63) is 0 Å². The van der Waals surface area contributed by atoms with E-state index in [4.69, 9.17) is 4.74 Å². The number of nitrogens with one attached hydrogen (secondary N) is 1. The fourth-order valence-corrected chi connectivity index (χ4v) is 3.17. The van der Waals surface area contributed by atoms with Crippen molar-refractivity contribution in [1.82, 2.24) is 10.2 Å². The number of ether oxygens (including phenoxy) is 1. The van der Waals surface area contributed by atoms with Crippen LogP contribution in [0.2, 0.25) is 0 Å². The molecule has 0 radical (unpaired) electrons. The van der Waals surface area contributed by atoms with Crippen molar-refractivity contribution in [2.45, 2.75) is 77.0 Å². The van der Waals surface area contributed by atoms with Crippen LogP contribution in [0.3, 0.4) is 0 Å². The van der Waals surface area contributed by atoms with Gasteiger partial charge in [0.25, 0.3) is 0 Å². The average Bonchev–Trinajstić information content (AvgIpc) is 2.98. The van der Waals surface area contributed by atoms with Crippen molar-refractivity contribution in [2.24, 2.45) is 0 Å². The summed E-state index contributed by atoms with van der Waals surface area (Å²) in [6.07, 6.45) is 4.42. The molecule has 0 aliphatic carbocycles. The van der Waals surface area contributed by atoms with Gasteiger partial charge in [0, 0.05) is 13.2 Å². The van der Waals surface area contributed by atoms with Crippen LogP contribution in [0.25, 0.3) is 0 Å². The predicted molar refractivity (Wildman–Crippen MR) is 80.8 cm³/mol. The number of hydrogen-bond donors (Lipinski definition) is 1. The molecule has 2 saturated heterocycles. The third-order valence-corrected chi connectivity index (χ3v) is 5.29. The summed E-state index contributed by atoms with van der Waals surface area (Å²) < 4.78 is 5.65. The van der Waals surface area contributed by atoms with E-state index in [1.54, 1.807) is 4.90 Å². The van der Waals surface area contributed by atoms with Crippen LogP contribution in [0.15, 0.2) is 0 Å². The Morgan fingerprint density at radius 1 is 1.29 bits per heavy atom. The Morgan fingerprint density at radius 2 is 2.00 bits per heavy atom. The highest BCUT2D eigenvalue weighted by molar-refractivity contribution is 6.01. The molecule has 2 amide bonds. The maximum absolute atomic E-state index is 12.9. The molecule has 5 nitrogen and oxygen atoms in total. The Labute approximate surface area is 127 Å². The molecule has 1 N–H and O–H groups in total. The summed E-state index contributed by atoms with van der Waals surface area (Å²) in [7, 11) is 0. The van der Waals surface area contributed by atoms with E-state index in [0.717, 1.165) is 25.9 Å². The summed E-state index contributed by atoms with van der Waals surface area (Å²) in [5.41, 5.74) is -1.52. The standard InChI is InChI=1S/C16H28N2O3/c1-5-15(3)14(20)18(10-9-12-8-7-11-21-12)16(4,6-2)13(19)17-15/h12H,5-11H2,1-4H3,(H,17,19). The lowest BCUT2D eigenvalue weighted by Crippen LogP contribution is -2.74. The molecule has 0 saturated carbocycles. The first-order valence-electron chi connectivity index (χ1n) is 8.13. The maximum Gasteiger partial charge on any atom is 0.248 e. The molecule has 2 aliphatic heterocycles. The minimum absolute atomic E-state index is 0.0342. The van der Waals surface area contributed by atoms with Gasteiger partial charge in [-0.1, -0.05) is 13.8 Å². The molecule has 0 aromatic carbocycles. The molecule has 5 heteroatoms. The van der Waals surface area contributed by atoms with Crippen molar-refractivity contribution in [2.75, 3.05) is 13.2 Å². The number of rotatable bonds is 5. The summed E-state index contributed by atoms with van der Waals surface area (Å²) in [6, 6.07) is 0. The van der Waals surface area contributed by atoms with Crippen LogP contribution in [0, 0.1) is 0 Å². The van der Waals surface area contributed by atoms with Crippen molar-refractivity contribution in [1.29, 1.82) is 0 Å². The van der Waals surface area contributed by atoms with Gasteiger partial charge in [-0.3, -0.25) is 9.59 Å². The van der Waals surface area contributed by atoms with Crippen LogP contribution < -0.4 is 5.32 Å². The van der Waals surface area contributed by atoms with Crippen molar-refractivity contribution in [3.8, 4) is 0 Å². The summed E-state index contributed by atoms with van der Waals surface area (Å²) in [5.74, 6) is -0.00626. The number of piperazine rings is 1. The minimum Gasteiger partial charge on any atom is -0.378 e. The van der Waals surface area contributed by atoms with Gasteiger partial charge in [0.15, 0.2) is 0 Å². The highest BCUT2D eigenvalue weighted by Crippen LogP contribution is 2.31. The van der Waals surface area contributed by atoms with Crippen LogP contribution in [0.5, 0.6) is 0 Å². The summed E-state index contributed by atoms with van der Waals surface area (Å²) in [6.45, 7) is 8.99. The lowest BCUT2D eigenvalue weighted by atomic mass is 9.84. The number of carbonyl (C=O) groups is 2. The van der Waals surface area contributed by atoms with E-state index in [0.29, 0.717) is 19.4 Å². The molecule has 0 spiro atoms. The zero-order valence-electron chi connectivity index (χ0n) is 13.7. The van der Waals surface area contributed by atoms with E-state index in [9.17, 15) is 9.59 Å². The lowest BCUT2D eigenvalue weighted by Gasteiger charge is -2.50. The molecule has 0 aromatic heterocycles. The topological polar surface area (TPSA) is 58.6 Å². The molecule has 120 valence electrons. The molecule has 2 aliphatic rings. The van der Waals surface area contributed by atoms with Gasteiger partial charge in [-0.15, -0.1) is 0 Å². The molecule has 0 aromatic rings. The smallest absolute Gasteiger partial charge is 0.248 e. The number of carbonyl (C=O) groups excluding carboxylic acids is 2. The number of hydrogen-bond acceptors (Lipinski definition) is 3. The van der Waals surface area contributed by atoms with E-state index in [1.165, 1.54) is 0 Å². The monoisotopic (exact) mass is 296 g/mol. The van der Waals surface area contributed by atoms with Gasteiger partial charge in [0.2, 0.25) is 11.8 Å². The van der Waals surface area contributed by atoms with Gasteiger partial charge in [-0.05, 0) is 46.0 Å². The Morgan fingerprint density at radius 3 is 2.52 bits per heavy atom. The SMILES string of the molecule is CCC1(C)NC(=O)C(C)(CC)N(CCC2CCCO2)C1=O. The van der Waals surface area contributed by atoms with E-state index in [1.807, 2.05) is 27.7 Å². The fourth-order valence-electron chi connectivity index (χ4n) is 3.17. The molecule has 2 rings (SSSR count).